The fourth-order valence-corrected chi connectivity index (χ4v) is 1.98. The standard InChI is InChI=1S/C15H24N2O/c1-3-5-14(4-2)17-15(18)10-12-6-8-13(11-16)9-7-12/h6-9,14H,3-5,10-11,16H2,1-2H3,(H,17,18). The van der Waals surface area contributed by atoms with Crippen LogP contribution in [0, 0.1) is 0 Å². The van der Waals surface area contributed by atoms with Gasteiger partial charge < -0.3 is 11.1 Å². The molecular weight excluding hydrogens is 224 g/mol. The van der Waals surface area contributed by atoms with Crippen LogP contribution in [0.2, 0.25) is 0 Å². The molecule has 0 heterocycles. The van der Waals surface area contributed by atoms with Crippen molar-refractivity contribution >= 4 is 5.91 Å². The van der Waals surface area contributed by atoms with Crippen LogP contribution in [0.15, 0.2) is 24.3 Å². The summed E-state index contributed by atoms with van der Waals surface area (Å²) in [6.07, 6.45) is 3.59. The molecule has 3 N–H and O–H groups in total. The van der Waals surface area contributed by atoms with E-state index in [1.54, 1.807) is 0 Å². The topological polar surface area (TPSA) is 55.1 Å². The Hall–Kier alpha value is -1.35. The van der Waals surface area contributed by atoms with Gasteiger partial charge >= 0.3 is 0 Å². The average molecular weight is 248 g/mol. The summed E-state index contributed by atoms with van der Waals surface area (Å²) in [5.74, 6) is 0.107. The molecule has 1 unspecified atom stereocenters. The Morgan fingerprint density at radius 1 is 1.22 bits per heavy atom. The van der Waals surface area contributed by atoms with E-state index in [1.165, 1.54) is 0 Å². The average Bonchev–Trinajstić information content (AvgIpc) is 2.39. The van der Waals surface area contributed by atoms with E-state index in [2.05, 4.69) is 19.2 Å². The fourth-order valence-electron chi connectivity index (χ4n) is 1.98. The maximum absolute atomic E-state index is 11.9. The predicted octanol–water partition coefficient (Wildman–Crippen LogP) is 2.38. The van der Waals surface area contributed by atoms with E-state index < -0.39 is 0 Å². The van der Waals surface area contributed by atoms with E-state index in [-0.39, 0.29) is 5.91 Å². The molecule has 0 fully saturated rings. The van der Waals surface area contributed by atoms with Gasteiger partial charge in [0.15, 0.2) is 0 Å². The van der Waals surface area contributed by atoms with Gasteiger partial charge in [-0.3, -0.25) is 4.79 Å². The van der Waals surface area contributed by atoms with Gasteiger partial charge in [0.05, 0.1) is 6.42 Å². The van der Waals surface area contributed by atoms with E-state index >= 15 is 0 Å². The van der Waals surface area contributed by atoms with Crippen LogP contribution < -0.4 is 11.1 Å². The molecule has 0 aliphatic heterocycles. The number of benzene rings is 1. The Morgan fingerprint density at radius 2 is 1.83 bits per heavy atom. The van der Waals surface area contributed by atoms with Gasteiger partial charge in [-0.25, -0.2) is 0 Å². The van der Waals surface area contributed by atoms with Crippen molar-refractivity contribution in [2.45, 2.75) is 52.1 Å². The Labute approximate surface area is 110 Å². The molecule has 1 amide bonds. The molecule has 100 valence electrons. The molecule has 1 aromatic carbocycles. The zero-order valence-corrected chi connectivity index (χ0v) is 11.4. The van der Waals surface area contributed by atoms with Crippen LogP contribution in [0.1, 0.15) is 44.2 Å². The smallest absolute Gasteiger partial charge is 0.224 e. The summed E-state index contributed by atoms with van der Waals surface area (Å²) in [6, 6.07) is 8.22. The normalized spacial score (nSPS) is 12.2. The maximum atomic E-state index is 11.9. The van der Waals surface area contributed by atoms with Crippen molar-refractivity contribution in [3.05, 3.63) is 35.4 Å². The van der Waals surface area contributed by atoms with E-state index in [4.69, 9.17) is 5.73 Å². The molecule has 0 radical (unpaired) electrons. The van der Waals surface area contributed by atoms with Gasteiger partial charge in [0.2, 0.25) is 5.91 Å². The number of nitrogens with one attached hydrogen (secondary N) is 1. The zero-order valence-electron chi connectivity index (χ0n) is 11.4. The zero-order chi connectivity index (χ0) is 13.4. The van der Waals surface area contributed by atoms with Gasteiger partial charge in [0.25, 0.3) is 0 Å². The van der Waals surface area contributed by atoms with Crippen molar-refractivity contribution in [3.63, 3.8) is 0 Å². The van der Waals surface area contributed by atoms with Crippen LogP contribution in [-0.4, -0.2) is 11.9 Å². The van der Waals surface area contributed by atoms with Crippen molar-refractivity contribution < 1.29 is 4.79 Å². The van der Waals surface area contributed by atoms with Crippen molar-refractivity contribution in [2.75, 3.05) is 0 Å². The van der Waals surface area contributed by atoms with Gasteiger partial charge in [-0.15, -0.1) is 0 Å². The highest BCUT2D eigenvalue weighted by atomic mass is 16.1. The van der Waals surface area contributed by atoms with Gasteiger partial charge in [-0.2, -0.15) is 0 Å². The minimum atomic E-state index is 0.107. The number of hydrogen-bond donors (Lipinski definition) is 2. The number of rotatable bonds is 7. The fraction of sp³-hybridized carbons (Fsp3) is 0.533. The Balaban J connectivity index is 2.47. The minimum absolute atomic E-state index is 0.107. The summed E-state index contributed by atoms with van der Waals surface area (Å²) in [4.78, 5) is 11.9. The quantitative estimate of drug-likeness (QED) is 0.778. The third-order valence-electron chi connectivity index (χ3n) is 3.12. The molecule has 1 rings (SSSR count). The van der Waals surface area contributed by atoms with Crippen LogP contribution in [0.3, 0.4) is 0 Å². The van der Waals surface area contributed by atoms with Gasteiger partial charge in [-0.1, -0.05) is 44.5 Å². The monoisotopic (exact) mass is 248 g/mol. The summed E-state index contributed by atoms with van der Waals surface area (Å²) in [5.41, 5.74) is 7.67. The highest BCUT2D eigenvalue weighted by Crippen LogP contribution is 2.06. The van der Waals surface area contributed by atoms with Crippen LogP contribution in [-0.2, 0) is 17.8 Å². The lowest BCUT2D eigenvalue weighted by Crippen LogP contribution is -2.35. The first kappa shape index (κ1) is 14.7. The predicted molar refractivity (Wildman–Crippen MR) is 75.2 cm³/mol. The second-order valence-corrected chi connectivity index (χ2v) is 4.66. The largest absolute Gasteiger partial charge is 0.353 e. The van der Waals surface area contributed by atoms with Crippen LogP contribution in [0.25, 0.3) is 0 Å². The molecule has 18 heavy (non-hydrogen) atoms. The first-order chi connectivity index (χ1) is 8.69. The number of hydrogen-bond acceptors (Lipinski definition) is 2. The van der Waals surface area contributed by atoms with Crippen LogP contribution in [0.4, 0.5) is 0 Å². The molecular formula is C15H24N2O. The summed E-state index contributed by atoms with van der Waals surface area (Å²) in [7, 11) is 0. The lowest BCUT2D eigenvalue weighted by Gasteiger charge is -2.16. The molecule has 0 saturated heterocycles. The number of nitrogens with two attached hydrogens (primary N) is 1. The first-order valence-corrected chi connectivity index (χ1v) is 6.76. The highest BCUT2D eigenvalue weighted by Gasteiger charge is 2.09. The van der Waals surface area contributed by atoms with Crippen LogP contribution >= 0.6 is 0 Å². The molecule has 3 nitrogen and oxygen atoms in total. The van der Waals surface area contributed by atoms with E-state index in [0.29, 0.717) is 19.0 Å². The molecule has 1 atom stereocenters. The van der Waals surface area contributed by atoms with Crippen molar-refractivity contribution in [2.24, 2.45) is 5.73 Å². The van der Waals surface area contributed by atoms with Crippen LogP contribution in [0.5, 0.6) is 0 Å². The van der Waals surface area contributed by atoms with Crippen molar-refractivity contribution in [3.8, 4) is 0 Å². The third kappa shape index (κ3) is 4.88. The molecule has 0 aliphatic rings. The molecule has 1 aromatic rings. The second-order valence-electron chi connectivity index (χ2n) is 4.66. The summed E-state index contributed by atoms with van der Waals surface area (Å²) >= 11 is 0. The minimum Gasteiger partial charge on any atom is -0.353 e. The lowest BCUT2D eigenvalue weighted by atomic mass is 10.1. The van der Waals surface area contributed by atoms with Gasteiger partial charge in [0.1, 0.15) is 0 Å². The lowest BCUT2D eigenvalue weighted by molar-refractivity contribution is -0.121. The second kappa shape index (κ2) is 7.88. The first-order valence-electron chi connectivity index (χ1n) is 6.76. The molecule has 0 aromatic heterocycles. The van der Waals surface area contributed by atoms with Crippen molar-refractivity contribution in [1.29, 1.82) is 0 Å². The number of carbonyl (C=O) groups excluding carboxylic acids is 1. The third-order valence-corrected chi connectivity index (χ3v) is 3.12. The molecule has 0 aliphatic carbocycles. The Kier molecular flexibility index (Phi) is 6.44. The molecule has 0 spiro atoms. The number of amides is 1. The highest BCUT2D eigenvalue weighted by molar-refractivity contribution is 5.78. The number of carbonyl (C=O) groups is 1. The van der Waals surface area contributed by atoms with Gasteiger partial charge in [0, 0.05) is 12.6 Å². The SMILES string of the molecule is CCCC(CC)NC(=O)Cc1ccc(CN)cc1. The summed E-state index contributed by atoms with van der Waals surface area (Å²) < 4.78 is 0. The molecule has 0 saturated carbocycles. The van der Waals surface area contributed by atoms with E-state index in [9.17, 15) is 4.79 Å². The molecule has 3 heteroatoms. The van der Waals surface area contributed by atoms with E-state index in [1.807, 2.05) is 24.3 Å². The summed E-state index contributed by atoms with van der Waals surface area (Å²) in [5, 5.41) is 3.08. The molecule has 0 bridgehead atoms. The Bertz CT molecular complexity index is 359. The van der Waals surface area contributed by atoms with E-state index in [0.717, 1.165) is 30.4 Å². The summed E-state index contributed by atoms with van der Waals surface area (Å²) in [6.45, 7) is 4.79. The van der Waals surface area contributed by atoms with Gasteiger partial charge in [-0.05, 0) is 24.0 Å². The van der Waals surface area contributed by atoms with Crippen molar-refractivity contribution in [1.82, 2.24) is 5.32 Å². The maximum Gasteiger partial charge on any atom is 0.224 e. The Morgan fingerprint density at radius 3 is 2.33 bits per heavy atom.